The highest BCUT2D eigenvalue weighted by Gasteiger charge is 2.19. The number of methoxy groups -OCH3 is 1. The minimum absolute atomic E-state index is 0.0221. The van der Waals surface area contributed by atoms with Crippen LogP contribution >= 0.6 is 0 Å². The first kappa shape index (κ1) is 11.3. The van der Waals surface area contributed by atoms with E-state index in [4.69, 9.17) is 4.74 Å². The zero-order valence-electron chi connectivity index (χ0n) is 9.85. The van der Waals surface area contributed by atoms with Gasteiger partial charge in [-0.3, -0.25) is 10.1 Å². The van der Waals surface area contributed by atoms with E-state index in [-0.39, 0.29) is 5.69 Å². The Balaban J connectivity index is 2.97. The van der Waals surface area contributed by atoms with Crippen LogP contribution in [0.25, 0.3) is 10.9 Å². The normalized spacial score (nSPS) is 10.5. The molecule has 0 spiro atoms. The van der Waals surface area contributed by atoms with Crippen LogP contribution in [-0.2, 0) is 0 Å². The summed E-state index contributed by atoms with van der Waals surface area (Å²) in [5.41, 5.74) is 2.22. The maximum atomic E-state index is 11.0. The van der Waals surface area contributed by atoms with Crippen molar-refractivity contribution in [1.29, 1.82) is 0 Å². The molecule has 2 aromatic rings. The van der Waals surface area contributed by atoms with Gasteiger partial charge in [0.05, 0.1) is 18.1 Å². The molecule has 1 heterocycles. The van der Waals surface area contributed by atoms with E-state index in [1.807, 2.05) is 19.9 Å². The lowest BCUT2D eigenvalue weighted by Gasteiger charge is -2.10. The predicted octanol–water partition coefficient (Wildman–Crippen LogP) is 2.77. The van der Waals surface area contributed by atoms with Crippen molar-refractivity contribution in [3.8, 4) is 5.75 Å². The van der Waals surface area contributed by atoms with Crippen LogP contribution in [0.15, 0.2) is 18.3 Å². The van der Waals surface area contributed by atoms with Crippen molar-refractivity contribution in [3.63, 3.8) is 0 Å². The minimum atomic E-state index is -0.434. The van der Waals surface area contributed by atoms with Crippen LogP contribution in [-0.4, -0.2) is 17.0 Å². The van der Waals surface area contributed by atoms with Gasteiger partial charge in [0.2, 0.25) is 0 Å². The van der Waals surface area contributed by atoms with Crippen molar-refractivity contribution in [3.05, 3.63) is 39.6 Å². The number of benzene rings is 1. The molecule has 0 saturated heterocycles. The third kappa shape index (κ3) is 1.69. The third-order valence-electron chi connectivity index (χ3n) is 2.83. The molecule has 17 heavy (non-hydrogen) atoms. The molecule has 0 aliphatic carbocycles. The van der Waals surface area contributed by atoms with E-state index in [1.165, 1.54) is 13.2 Å². The predicted molar refractivity (Wildman–Crippen MR) is 64.4 cm³/mol. The van der Waals surface area contributed by atoms with Crippen molar-refractivity contribution >= 4 is 16.6 Å². The van der Waals surface area contributed by atoms with E-state index in [9.17, 15) is 10.1 Å². The van der Waals surface area contributed by atoms with Gasteiger partial charge in [-0.15, -0.1) is 0 Å². The number of aryl methyl sites for hydroxylation is 2. The Kier molecular flexibility index (Phi) is 2.67. The lowest BCUT2D eigenvalue weighted by molar-refractivity contribution is -0.383. The van der Waals surface area contributed by atoms with Crippen LogP contribution < -0.4 is 4.74 Å². The number of hydrogen-bond acceptors (Lipinski definition) is 4. The molecule has 5 heteroatoms. The molecule has 0 saturated carbocycles. The molecule has 0 fully saturated rings. The standard InChI is InChI=1S/C12H12N2O3/c1-7-4-5-13-12-9(14(15)16)6-10(17-3)8(2)11(7)12/h4-6H,1-3H3. The minimum Gasteiger partial charge on any atom is -0.496 e. The van der Waals surface area contributed by atoms with Crippen molar-refractivity contribution < 1.29 is 9.66 Å². The molecular weight excluding hydrogens is 220 g/mol. The summed E-state index contributed by atoms with van der Waals surface area (Å²) in [5.74, 6) is 0.514. The second-order valence-electron chi connectivity index (χ2n) is 3.83. The van der Waals surface area contributed by atoms with Gasteiger partial charge in [-0.25, -0.2) is 4.98 Å². The highest BCUT2D eigenvalue weighted by molar-refractivity contribution is 5.94. The average Bonchev–Trinajstić information content (AvgIpc) is 2.29. The lowest BCUT2D eigenvalue weighted by atomic mass is 10.0. The molecule has 0 amide bonds. The number of nitrogens with zero attached hydrogens (tertiary/aromatic N) is 2. The Bertz CT molecular complexity index is 608. The van der Waals surface area contributed by atoms with E-state index >= 15 is 0 Å². The number of nitro benzene ring substituents is 1. The summed E-state index contributed by atoms with van der Waals surface area (Å²) >= 11 is 0. The van der Waals surface area contributed by atoms with Crippen molar-refractivity contribution in [1.82, 2.24) is 4.98 Å². The quantitative estimate of drug-likeness (QED) is 0.589. The van der Waals surface area contributed by atoms with Crippen LogP contribution in [0.4, 0.5) is 5.69 Å². The number of aromatic nitrogens is 1. The fourth-order valence-electron chi connectivity index (χ4n) is 2.00. The maximum absolute atomic E-state index is 11.0. The molecule has 0 aliphatic heterocycles. The van der Waals surface area contributed by atoms with Crippen molar-refractivity contribution in [2.45, 2.75) is 13.8 Å². The smallest absolute Gasteiger partial charge is 0.299 e. The van der Waals surface area contributed by atoms with Gasteiger partial charge >= 0.3 is 0 Å². The third-order valence-corrected chi connectivity index (χ3v) is 2.83. The van der Waals surface area contributed by atoms with Gasteiger partial charge in [0.25, 0.3) is 5.69 Å². The Morgan fingerprint density at radius 3 is 2.71 bits per heavy atom. The van der Waals surface area contributed by atoms with Crippen LogP contribution in [0.1, 0.15) is 11.1 Å². The topological polar surface area (TPSA) is 65.3 Å². The summed E-state index contributed by atoms with van der Waals surface area (Å²) in [7, 11) is 1.50. The molecule has 0 bridgehead atoms. The Labute approximate surface area is 98.2 Å². The highest BCUT2D eigenvalue weighted by atomic mass is 16.6. The Morgan fingerprint density at radius 2 is 2.12 bits per heavy atom. The molecule has 0 aliphatic rings. The Hall–Kier alpha value is -2.17. The molecule has 0 N–H and O–H groups in total. The summed E-state index contributed by atoms with van der Waals surface area (Å²) < 4.78 is 5.17. The zero-order chi connectivity index (χ0) is 12.6. The molecule has 5 nitrogen and oxygen atoms in total. The molecule has 1 aromatic carbocycles. The molecule has 0 unspecified atom stereocenters. The van der Waals surface area contributed by atoms with Crippen LogP contribution in [0.3, 0.4) is 0 Å². The number of non-ortho nitro benzene ring substituents is 1. The SMILES string of the molecule is COc1cc([N+](=O)[O-])c2nccc(C)c2c1C. The molecule has 0 atom stereocenters. The van der Waals surface area contributed by atoms with E-state index < -0.39 is 4.92 Å². The van der Waals surface area contributed by atoms with Gasteiger partial charge in [0.15, 0.2) is 0 Å². The van der Waals surface area contributed by atoms with Gasteiger partial charge in [-0.2, -0.15) is 0 Å². The summed E-state index contributed by atoms with van der Waals surface area (Å²) in [4.78, 5) is 14.7. The molecule has 1 aromatic heterocycles. The fourth-order valence-corrected chi connectivity index (χ4v) is 2.00. The van der Waals surface area contributed by atoms with E-state index in [1.54, 1.807) is 6.20 Å². The van der Waals surface area contributed by atoms with E-state index in [0.29, 0.717) is 11.3 Å². The van der Waals surface area contributed by atoms with Gasteiger partial charge in [0, 0.05) is 17.1 Å². The molecule has 0 radical (unpaired) electrons. The van der Waals surface area contributed by atoms with Gasteiger partial charge in [0.1, 0.15) is 11.3 Å². The number of fused-ring (bicyclic) bond motifs is 1. The summed E-state index contributed by atoms with van der Waals surface area (Å²) in [6.45, 7) is 3.78. The monoisotopic (exact) mass is 232 g/mol. The number of hydrogen-bond donors (Lipinski definition) is 0. The number of pyridine rings is 1. The summed E-state index contributed by atoms with van der Waals surface area (Å²) in [5, 5.41) is 11.8. The first-order valence-corrected chi connectivity index (χ1v) is 5.13. The average molecular weight is 232 g/mol. The first-order valence-electron chi connectivity index (χ1n) is 5.13. The number of rotatable bonds is 2. The first-order chi connectivity index (χ1) is 8.06. The molecular formula is C12H12N2O3. The largest absolute Gasteiger partial charge is 0.496 e. The second-order valence-corrected chi connectivity index (χ2v) is 3.83. The fraction of sp³-hybridized carbons (Fsp3) is 0.250. The van der Waals surface area contributed by atoms with Gasteiger partial charge in [-0.05, 0) is 25.5 Å². The summed E-state index contributed by atoms with van der Waals surface area (Å²) in [6, 6.07) is 3.25. The second kappa shape index (κ2) is 4.01. The van der Waals surface area contributed by atoms with E-state index in [2.05, 4.69) is 4.98 Å². The van der Waals surface area contributed by atoms with Crippen LogP contribution in [0, 0.1) is 24.0 Å². The number of ether oxygens (including phenoxy) is 1. The van der Waals surface area contributed by atoms with Crippen LogP contribution in [0.2, 0.25) is 0 Å². The zero-order valence-corrected chi connectivity index (χ0v) is 9.85. The van der Waals surface area contributed by atoms with Crippen LogP contribution in [0.5, 0.6) is 5.75 Å². The van der Waals surface area contributed by atoms with Gasteiger partial charge < -0.3 is 4.74 Å². The van der Waals surface area contributed by atoms with E-state index in [0.717, 1.165) is 16.5 Å². The highest BCUT2D eigenvalue weighted by Crippen LogP contribution is 2.35. The van der Waals surface area contributed by atoms with Crippen molar-refractivity contribution in [2.24, 2.45) is 0 Å². The molecule has 88 valence electrons. The Morgan fingerprint density at radius 1 is 1.41 bits per heavy atom. The van der Waals surface area contributed by atoms with Crippen molar-refractivity contribution in [2.75, 3.05) is 7.11 Å². The maximum Gasteiger partial charge on any atom is 0.299 e. The lowest BCUT2D eigenvalue weighted by Crippen LogP contribution is -1.97. The van der Waals surface area contributed by atoms with Gasteiger partial charge in [-0.1, -0.05) is 0 Å². The molecule has 2 rings (SSSR count). The number of nitro groups is 1. The summed E-state index contributed by atoms with van der Waals surface area (Å²) in [6.07, 6.45) is 1.58.